The van der Waals surface area contributed by atoms with Crippen LogP contribution >= 0.6 is 0 Å². The molecule has 5 rings (SSSR count). The first-order valence-corrected chi connectivity index (χ1v) is 13.9. The van der Waals surface area contributed by atoms with Crippen molar-refractivity contribution in [2.24, 2.45) is 0 Å². The molecule has 0 saturated carbocycles. The molecule has 0 saturated heterocycles. The highest BCUT2D eigenvalue weighted by molar-refractivity contribution is 5.19. The lowest BCUT2D eigenvalue weighted by Crippen LogP contribution is -2.53. The summed E-state index contributed by atoms with van der Waals surface area (Å²) >= 11 is 0. The Labute approximate surface area is 237 Å². The van der Waals surface area contributed by atoms with Crippen LogP contribution in [0.5, 0.6) is 0 Å². The van der Waals surface area contributed by atoms with E-state index in [-0.39, 0.29) is 6.04 Å². The molecule has 0 unspecified atom stereocenters. The molecule has 1 aliphatic carbocycles. The van der Waals surface area contributed by atoms with E-state index in [0.29, 0.717) is 26.4 Å². The van der Waals surface area contributed by atoms with Crippen molar-refractivity contribution >= 4 is 0 Å². The van der Waals surface area contributed by atoms with Crippen LogP contribution < -0.4 is 5.32 Å². The fourth-order valence-electron chi connectivity index (χ4n) is 4.94. The number of benzene rings is 4. The molecule has 5 heteroatoms. The fraction of sp³-hybridized carbons (Fsp3) is 0.257. The lowest BCUT2D eigenvalue weighted by Gasteiger charge is -2.36. The maximum absolute atomic E-state index is 11.3. The molecule has 1 aliphatic rings. The molecule has 4 aromatic rings. The second kappa shape index (κ2) is 14.7. The van der Waals surface area contributed by atoms with E-state index in [1.54, 1.807) is 0 Å². The number of rotatable bonds is 12. The number of nitrogens with one attached hydrogen (secondary N) is 1. The molecule has 40 heavy (non-hydrogen) atoms. The number of hydrogen-bond donors (Lipinski definition) is 2. The SMILES string of the molecule is O[C@@H]1C=C[C@@H](NCc2ccccc2)[C@@H](OCc2ccccc2)[C@@H](OCc2ccccc2)[C@@H]1OCc1ccccc1. The monoisotopic (exact) mass is 535 g/mol. The first-order valence-electron chi connectivity index (χ1n) is 13.9. The second-order valence-corrected chi connectivity index (χ2v) is 10.1. The van der Waals surface area contributed by atoms with Crippen LogP contribution in [0.4, 0.5) is 0 Å². The van der Waals surface area contributed by atoms with Crippen molar-refractivity contribution in [2.75, 3.05) is 0 Å². The molecule has 2 N–H and O–H groups in total. The third-order valence-corrected chi connectivity index (χ3v) is 7.09. The van der Waals surface area contributed by atoms with E-state index in [2.05, 4.69) is 29.6 Å². The maximum atomic E-state index is 11.3. The molecule has 4 aromatic carbocycles. The zero-order valence-electron chi connectivity index (χ0n) is 22.6. The van der Waals surface area contributed by atoms with Crippen molar-refractivity contribution in [3.8, 4) is 0 Å². The molecular weight excluding hydrogens is 498 g/mol. The quantitative estimate of drug-likeness (QED) is 0.224. The van der Waals surface area contributed by atoms with Crippen LogP contribution in [0.1, 0.15) is 22.3 Å². The van der Waals surface area contributed by atoms with Gasteiger partial charge in [-0.1, -0.05) is 133 Å². The van der Waals surface area contributed by atoms with Gasteiger partial charge >= 0.3 is 0 Å². The zero-order valence-corrected chi connectivity index (χ0v) is 22.6. The molecule has 0 fully saturated rings. The van der Waals surface area contributed by atoms with Crippen molar-refractivity contribution in [3.05, 3.63) is 156 Å². The summed E-state index contributed by atoms with van der Waals surface area (Å²) in [5.74, 6) is 0. The second-order valence-electron chi connectivity index (χ2n) is 10.1. The van der Waals surface area contributed by atoms with Gasteiger partial charge in [0.2, 0.25) is 0 Å². The van der Waals surface area contributed by atoms with Gasteiger partial charge in [0.1, 0.15) is 24.4 Å². The predicted octanol–water partition coefficient (Wildman–Crippen LogP) is 5.83. The van der Waals surface area contributed by atoms with Crippen LogP contribution in [-0.2, 0) is 40.6 Å². The van der Waals surface area contributed by atoms with E-state index in [0.717, 1.165) is 16.7 Å². The summed E-state index contributed by atoms with van der Waals surface area (Å²) in [5.41, 5.74) is 4.32. The Morgan fingerprint density at radius 2 is 0.875 bits per heavy atom. The number of aliphatic hydroxyl groups excluding tert-OH is 1. The minimum absolute atomic E-state index is 0.218. The van der Waals surface area contributed by atoms with Crippen molar-refractivity contribution in [1.82, 2.24) is 5.32 Å². The predicted molar refractivity (Wildman–Crippen MR) is 157 cm³/mol. The summed E-state index contributed by atoms with van der Waals surface area (Å²) in [4.78, 5) is 0. The van der Waals surface area contributed by atoms with E-state index in [1.165, 1.54) is 5.56 Å². The third-order valence-electron chi connectivity index (χ3n) is 7.09. The molecule has 0 heterocycles. The van der Waals surface area contributed by atoms with Gasteiger partial charge in [-0.2, -0.15) is 0 Å². The molecule has 5 atom stereocenters. The van der Waals surface area contributed by atoms with E-state index >= 15 is 0 Å². The molecule has 0 spiro atoms. The average molecular weight is 536 g/mol. The fourth-order valence-corrected chi connectivity index (χ4v) is 4.94. The van der Waals surface area contributed by atoms with Gasteiger partial charge in [0.15, 0.2) is 0 Å². The summed E-state index contributed by atoms with van der Waals surface area (Å²) < 4.78 is 19.7. The number of hydrogen-bond acceptors (Lipinski definition) is 5. The highest BCUT2D eigenvalue weighted by Gasteiger charge is 2.41. The van der Waals surface area contributed by atoms with Crippen LogP contribution in [0.2, 0.25) is 0 Å². The Kier molecular flexibility index (Phi) is 10.3. The molecule has 0 aromatic heterocycles. The Balaban J connectivity index is 1.42. The number of aliphatic hydroxyl groups is 1. The topological polar surface area (TPSA) is 60.0 Å². The van der Waals surface area contributed by atoms with E-state index in [1.807, 2.05) is 109 Å². The van der Waals surface area contributed by atoms with Crippen LogP contribution in [-0.4, -0.2) is 35.6 Å². The normalized spacial score (nSPS) is 22.6. The summed E-state index contributed by atoms with van der Waals surface area (Å²) in [6.45, 7) is 1.79. The Hall–Kier alpha value is -3.58. The summed E-state index contributed by atoms with van der Waals surface area (Å²) in [6, 6.07) is 40.2. The lowest BCUT2D eigenvalue weighted by atomic mass is 10.00. The largest absolute Gasteiger partial charge is 0.386 e. The molecule has 206 valence electrons. The van der Waals surface area contributed by atoms with Gasteiger partial charge < -0.3 is 24.6 Å². The van der Waals surface area contributed by atoms with Crippen molar-refractivity contribution < 1.29 is 19.3 Å². The third kappa shape index (κ3) is 7.98. The van der Waals surface area contributed by atoms with Gasteiger partial charge in [0.25, 0.3) is 0 Å². The minimum Gasteiger partial charge on any atom is -0.386 e. The first kappa shape index (κ1) is 28.0. The van der Waals surface area contributed by atoms with Gasteiger partial charge in [0, 0.05) is 6.54 Å². The van der Waals surface area contributed by atoms with Crippen molar-refractivity contribution in [1.29, 1.82) is 0 Å². The zero-order chi connectivity index (χ0) is 27.4. The van der Waals surface area contributed by atoms with Crippen LogP contribution in [0.15, 0.2) is 133 Å². The first-order chi connectivity index (χ1) is 19.8. The number of ether oxygens (including phenoxy) is 3. The molecule has 0 radical (unpaired) electrons. The molecule has 0 bridgehead atoms. The van der Waals surface area contributed by atoms with E-state index in [4.69, 9.17) is 14.2 Å². The van der Waals surface area contributed by atoms with Gasteiger partial charge in [-0.25, -0.2) is 0 Å². The molecular formula is C35H37NO4. The highest BCUT2D eigenvalue weighted by atomic mass is 16.6. The van der Waals surface area contributed by atoms with Crippen molar-refractivity contribution in [2.45, 2.75) is 56.8 Å². The van der Waals surface area contributed by atoms with Crippen LogP contribution in [0, 0.1) is 0 Å². The summed E-state index contributed by atoms with van der Waals surface area (Å²) in [5, 5.41) is 15.0. The van der Waals surface area contributed by atoms with Crippen LogP contribution in [0.3, 0.4) is 0 Å². The summed E-state index contributed by atoms with van der Waals surface area (Å²) in [6.07, 6.45) is 1.32. The molecule has 0 amide bonds. The smallest absolute Gasteiger partial charge is 0.116 e. The Morgan fingerprint density at radius 3 is 1.35 bits per heavy atom. The average Bonchev–Trinajstić information content (AvgIpc) is 3.14. The molecule has 0 aliphatic heterocycles. The van der Waals surface area contributed by atoms with Crippen LogP contribution in [0.25, 0.3) is 0 Å². The highest BCUT2D eigenvalue weighted by Crippen LogP contribution is 2.26. The van der Waals surface area contributed by atoms with E-state index in [9.17, 15) is 5.11 Å². The van der Waals surface area contributed by atoms with Gasteiger partial charge in [-0.3, -0.25) is 0 Å². The lowest BCUT2D eigenvalue weighted by molar-refractivity contribution is -0.173. The Bertz CT molecular complexity index is 1280. The van der Waals surface area contributed by atoms with E-state index < -0.39 is 24.4 Å². The van der Waals surface area contributed by atoms with Gasteiger partial charge in [-0.05, 0) is 22.3 Å². The Morgan fingerprint density at radius 1 is 0.475 bits per heavy atom. The maximum Gasteiger partial charge on any atom is 0.116 e. The van der Waals surface area contributed by atoms with Crippen molar-refractivity contribution in [3.63, 3.8) is 0 Å². The van der Waals surface area contributed by atoms with Gasteiger partial charge in [-0.15, -0.1) is 0 Å². The minimum atomic E-state index is -0.865. The summed E-state index contributed by atoms with van der Waals surface area (Å²) in [7, 11) is 0. The standard InChI is InChI=1S/C35H37NO4/c37-32-22-21-31(36-23-27-13-5-1-6-14-27)33(38-24-28-15-7-2-8-16-28)35(40-26-30-19-11-4-12-20-30)34(32)39-25-29-17-9-3-10-18-29/h1-22,31-37H,23-26H2/t31-,32-,33-,34-,35-/m1/s1. The van der Waals surface area contributed by atoms with Gasteiger partial charge in [0.05, 0.1) is 25.9 Å². The molecule has 5 nitrogen and oxygen atoms in total.